The Hall–Kier alpha value is -2.83. The largest absolute Gasteiger partial charge is 0.484 e. The monoisotopic (exact) mass is 336 g/mol. The van der Waals surface area contributed by atoms with Crippen molar-refractivity contribution in [1.82, 2.24) is 5.43 Å². The van der Waals surface area contributed by atoms with Gasteiger partial charge in [0, 0.05) is 5.56 Å². The van der Waals surface area contributed by atoms with Crippen molar-refractivity contribution in [2.45, 2.75) is 13.1 Å². The first kappa shape index (κ1) is 17.5. The molecular formula is C17H15F3N2O2. The topological polar surface area (TPSA) is 50.7 Å². The van der Waals surface area contributed by atoms with Crippen LogP contribution in [0.3, 0.4) is 0 Å². The fourth-order valence-electron chi connectivity index (χ4n) is 1.93. The van der Waals surface area contributed by atoms with Gasteiger partial charge < -0.3 is 4.74 Å². The van der Waals surface area contributed by atoms with Crippen molar-refractivity contribution < 1.29 is 22.7 Å². The van der Waals surface area contributed by atoms with Gasteiger partial charge in [-0.1, -0.05) is 30.3 Å². The predicted molar refractivity (Wildman–Crippen MR) is 83.9 cm³/mol. The standard InChI is InChI=1S/C17H15F3N2O2/c1-12-5-4-7-14(9-12)24-11-16(23)22-21-10-13-6-2-3-8-15(13)17(18,19)20/h2-10H,11H2,1H3,(H,22,23). The number of halogens is 3. The van der Waals surface area contributed by atoms with Gasteiger partial charge in [-0.2, -0.15) is 18.3 Å². The molecule has 1 amide bonds. The van der Waals surface area contributed by atoms with E-state index in [1.54, 1.807) is 18.2 Å². The van der Waals surface area contributed by atoms with Gasteiger partial charge in [-0.25, -0.2) is 5.43 Å². The van der Waals surface area contributed by atoms with Crippen molar-refractivity contribution >= 4 is 12.1 Å². The maximum Gasteiger partial charge on any atom is 0.417 e. The molecule has 0 aliphatic heterocycles. The second-order valence-electron chi connectivity index (χ2n) is 4.98. The summed E-state index contributed by atoms with van der Waals surface area (Å²) in [6.07, 6.45) is -3.53. The minimum absolute atomic E-state index is 0.134. The lowest BCUT2D eigenvalue weighted by Crippen LogP contribution is -2.24. The first-order chi connectivity index (χ1) is 11.4. The second-order valence-corrected chi connectivity index (χ2v) is 4.98. The SMILES string of the molecule is Cc1cccc(OCC(=O)NN=Cc2ccccc2C(F)(F)F)c1. The molecule has 2 aromatic rings. The van der Waals surface area contributed by atoms with Gasteiger partial charge in [-0.15, -0.1) is 0 Å². The summed E-state index contributed by atoms with van der Waals surface area (Å²) in [5.74, 6) is -0.0474. The van der Waals surface area contributed by atoms with E-state index in [1.165, 1.54) is 18.2 Å². The molecule has 0 radical (unpaired) electrons. The summed E-state index contributed by atoms with van der Waals surface area (Å²) in [7, 11) is 0. The summed E-state index contributed by atoms with van der Waals surface area (Å²) in [5, 5.41) is 3.54. The molecule has 0 aliphatic rings. The number of carbonyl (C=O) groups is 1. The van der Waals surface area contributed by atoms with E-state index in [-0.39, 0.29) is 12.2 Å². The van der Waals surface area contributed by atoms with Crippen LogP contribution in [-0.2, 0) is 11.0 Å². The first-order valence-electron chi connectivity index (χ1n) is 7.04. The van der Waals surface area contributed by atoms with Crippen LogP contribution in [0.1, 0.15) is 16.7 Å². The number of ether oxygens (including phenoxy) is 1. The number of hydrogen-bond donors (Lipinski definition) is 1. The third kappa shape index (κ3) is 5.12. The average molecular weight is 336 g/mol. The summed E-state index contributed by atoms with van der Waals surface area (Å²) in [6.45, 7) is 1.59. The van der Waals surface area contributed by atoms with Crippen LogP contribution in [0.5, 0.6) is 5.75 Å². The number of nitrogens with one attached hydrogen (secondary N) is 1. The Kier molecular flexibility index (Phi) is 5.57. The highest BCUT2D eigenvalue weighted by molar-refractivity contribution is 5.84. The Morgan fingerprint density at radius 1 is 1.21 bits per heavy atom. The van der Waals surface area contributed by atoms with Crippen LogP contribution in [0.4, 0.5) is 13.2 Å². The molecule has 0 aliphatic carbocycles. The number of nitrogens with zero attached hydrogens (tertiary/aromatic N) is 1. The van der Waals surface area contributed by atoms with Gasteiger partial charge in [0.05, 0.1) is 11.8 Å². The zero-order chi connectivity index (χ0) is 17.6. The fraction of sp³-hybridized carbons (Fsp3) is 0.176. The predicted octanol–water partition coefficient (Wildman–Crippen LogP) is 3.54. The van der Waals surface area contributed by atoms with Crippen LogP contribution < -0.4 is 10.2 Å². The highest BCUT2D eigenvalue weighted by Gasteiger charge is 2.32. The molecule has 0 aromatic heterocycles. The van der Waals surface area contributed by atoms with Gasteiger partial charge in [0.1, 0.15) is 5.75 Å². The molecule has 0 bridgehead atoms. The summed E-state index contributed by atoms with van der Waals surface area (Å²) >= 11 is 0. The van der Waals surface area contributed by atoms with Gasteiger partial charge in [0.25, 0.3) is 5.91 Å². The molecule has 0 saturated carbocycles. The van der Waals surface area contributed by atoms with Crippen molar-refractivity contribution in [2.24, 2.45) is 5.10 Å². The van der Waals surface area contributed by atoms with E-state index < -0.39 is 17.6 Å². The number of carbonyl (C=O) groups excluding carboxylic acids is 1. The zero-order valence-electron chi connectivity index (χ0n) is 12.8. The summed E-state index contributed by atoms with van der Waals surface area (Å²) in [5.41, 5.74) is 2.16. The number of alkyl halides is 3. The third-order valence-electron chi connectivity index (χ3n) is 3.02. The molecule has 0 atom stereocenters. The van der Waals surface area contributed by atoms with Crippen molar-refractivity contribution in [2.75, 3.05) is 6.61 Å². The van der Waals surface area contributed by atoms with E-state index in [4.69, 9.17) is 4.74 Å². The fourth-order valence-corrected chi connectivity index (χ4v) is 1.93. The molecular weight excluding hydrogens is 321 g/mol. The Bertz CT molecular complexity index is 743. The molecule has 1 N–H and O–H groups in total. The van der Waals surface area contributed by atoms with Crippen molar-refractivity contribution in [3.63, 3.8) is 0 Å². The van der Waals surface area contributed by atoms with Gasteiger partial charge in [0.2, 0.25) is 0 Å². The highest BCUT2D eigenvalue weighted by Crippen LogP contribution is 2.30. The lowest BCUT2D eigenvalue weighted by Gasteiger charge is -2.09. The number of aryl methyl sites for hydroxylation is 1. The molecule has 0 unspecified atom stereocenters. The van der Waals surface area contributed by atoms with Crippen LogP contribution >= 0.6 is 0 Å². The Morgan fingerprint density at radius 3 is 2.67 bits per heavy atom. The lowest BCUT2D eigenvalue weighted by molar-refractivity contribution is -0.137. The van der Waals surface area contributed by atoms with E-state index in [1.807, 2.05) is 13.0 Å². The smallest absolute Gasteiger partial charge is 0.417 e. The molecule has 0 spiro atoms. The highest BCUT2D eigenvalue weighted by atomic mass is 19.4. The summed E-state index contributed by atoms with van der Waals surface area (Å²) < 4.78 is 43.7. The molecule has 0 heterocycles. The third-order valence-corrected chi connectivity index (χ3v) is 3.02. The summed E-state index contributed by atoms with van der Waals surface area (Å²) in [4.78, 5) is 11.6. The van der Waals surface area contributed by atoms with Crippen molar-refractivity contribution in [1.29, 1.82) is 0 Å². The molecule has 0 saturated heterocycles. The van der Waals surface area contributed by atoms with Gasteiger partial charge in [-0.3, -0.25) is 4.79 Å². The Labute approximate surface area is 137 Å². The normalized spacial score (nSPS) is 11.5. The van der Waals surface area contributed by atoms with Crippen LogP contribution in [0.2, 0.25) is 0 Å². The maximum absolute atomic E-state index is 12.8. The van der Waals surface area contributed by atoms with Crippen molar-refractivity contribution in [3.05, 3.63) is 65.2 Å². The van der Waals surface area contributed by atoms with E-state index >= 15 is 0 Å². The Morgan fingerprint density at radius 2 is 1.96 bits per heavy atom. The number of rotatable bonds is 5. The molecule has 4 nitrogen and oxygen atoms in total. The van der Waals surface area contributed by atoms with E-state index in [9.17, 15) is 18.0 Å². The Balaban J connectivity index is 1.91. The molecule has 24 heavy (non-hydrogen) atoms. The van der Waals surface area contributed by atoms with Crippen LogP contribution in [0, 0.1) is 6.92 Å². The zero-order valence-corrected chi connectivity index (χ0v) is 12.8. The minimum atomic E-state index is -4.49. The lowest BCUT2D eigenvalue weighted by atomic mass is 10.1. The van der Waals surface area contributed by atoms with E-state index in [0.29, 0.717) is 5.75 Å². The molecule has 2 rings (SSSR count). The van der Waals surface area contributed by atoms with Crippen molar-refractivity contribution in [3.8, 4) is 5.75 Å². The number of hydrazone groups is 1. The van der Waals surface area contributed by atoms with E-state index in [2.05, 4.69) is 10.5 Å². The number of amides is 1. The van der Waals surface area contributed by atoms with Gasteiger partial charge in [0.15, 0.2) is 6.61 Å². The summed E-state index contributed by atoms with van der Waals surface area (Å²) in [6, 6.07) is 12.1. The number of hydrogen-bond acceptors (Lipinski definition) is 3. The molecule has 0 fully saturated rings. The van der Waals surface area contributed by atoms with Crippen LogP contribution in [0.25, 0.3) is 0 Å². The number of benzene rings is 2. The molecule has 7 heteroatoms. The molecule has 126 valence electrons. The first-order valence-corrected chi connectivity index (χ1v) is 7.04. The van der Waals surface area contributed by atoms with Crippen LogP contribution in [-0.4, -0.2) is 18.7 Å². The van der Waals surface area contributed by atoms with E-state index in [0.717, 1.165) is 17.8 Å². The average Bonchev–Trinajstić information content (AvgIpc) is 2.52. The van der Waals surface area contributed by atoms with Gasteiger partial charge >= 0.3 is 6.18 Å². The maximum atomic E-state index is 12.8. The quantitative estimate of drug-likeness (QED) is 0.671. The second kappa shape index (κ2) is 7.63. The van der Waals surface area contributed by atoms with Gasteiger partial charge in [-0.05, 0) is 30.7 Å². The minimum Gasteiger partial charge on any atom is -0.484 e. The molecule has 2 aromatic carbocycles. The van der Waals surface area contributed by atoms with Crippen LogP contribution in [0.15, 0.2) is 53.6 Å².